The Hall–Kier alpha value is -8.62. The van der Waals surface area contributed by atoms with Gasteiger partial charge in [-0.15, -0.1) is 11.3 Å². The minimum atomic E-state index is -5.10. The molecule has 0 aliphatic heterocycles. The number of halogens is 9. The first-order chi connectivity index (χ1) is 35.9. The first-order valence-electron chi connectivity index (χ1n) is 23.4. The zero-order valence-electron chi connectivity index (χ0n) is 39.1. The topological polar surface area (TPSA) is 43.6 Å². The van der Waals surface area contributed by atoms with Crippen LogP contribution in [0.15, 0.2) is 194 Å². The second-order valence-corrected chi connectivity index (χ2v) is 19.3. The molecule has 0 atom stereocenters. The summed E-state index contributed by atoms with van der Waals surface area (Å²) in [6, 6.07) is 53.7. The molecule has 4 nitrogen and oxygen atoms in total. The molecule has 0 unspecified atom stereocenters. The molecule has 0 spiro atoms. The molecule has 0 N–H and O–H groups in total. The van der Waals surface area contributed by atoms with E-state index in [4.69, 9.17) is 15.0 Å². The number of hydrogen-bond acceptors (Lipinski definition) is 4. The molecule has 12 rings (SSSR count). The van der Waals surface area contributed by atoms with Crippen molar-refractivity contribution in [3.8, 4) is 73.2 Å². The second kappa shape index (κ2) is 17.8. The quantitative estimate of drug-likeness (QED) is 0.149. The van der Waals surface area contributed by atoms with Crippen molar-refractivity contribution in [2.24, 2.45) is 0 Å². The SMILES string of the molecule is Cc1cc(-c2ccc3c4ccc(-c5cc(C(F)(F)F)cc(C(F)(F)F)c5)cc4n(-c4ccc(-c5ccc6sc7ccccc7c6c5)cc4-c4nc(-c5ccccc5)nc(-c5ccccc5)n4)c3c2)cc(C(F)(F)F)c1. The van der Waals surface area contributed by atoms with Crippen molar-refractivity contribution in [3.05, 3.63) is 216 Å². The smallest absolute Gasteiger partial charge is 0.308 e. The summed E-state index contributed by atoms with van der Waals surface area (Å²) < 4.78 is 133. The first-order valence-corrected chi connectivity index (χ1v) is 24.3. The van der Waals surface area contributed by atoms with E-state index in [1.54, 1.807) is 48.6 Å². The molecular weight excluding hydrogens is 992 g/mol. The summed E-state index contributed by atoms with van der Waals surface area (Å²) in [5.41, 5.74) is 1.72. The lowest BCUT2D eigenvalue weighted by atomic mass is 9.97. The monoisotopic (exact) mass is 1030 g/mol. The minimum absolute atomic E-state index is 0.0456. The molecule has 9 aromatic carbocycles. The summed E-state index contributed by atoms with van der Waals surface area (Å²) in [5, 5.41) is 3.29. The van der Waals surface area contributed by atoms with E-state index in [1.807, 2.05) is 102 Å². The van der Waals surface area contributed by atoms with Crippen LogP contribution in [0.3, 0.4) is 0 Å². The summed E-state index contributed by atoms with van der Waals surface area (Å²) in [7, 11) is 0. The van der Waals surface area contributed by atoms with Crippen molar-refractivity contribution in [3.63, 3.8) is 0 Å². The van der Waals surface area contributed by atoms with Gasteiger partial charge in [-0.25, -0.2) is 15.0 Å². The van der Waals surface area contributed by atoms with Gasteiger partial charge in [0.25, 0.3) is 0 Å². The fourth-order valence-electron chi connectivity index (χ4n) is 9.80. The molecule has 3 aromatic heterocycles. The summed E-state index contributed by atoms with van der Waals surface area (Å²) in [6.45, 7) is 1.57. The van der Waals surface area contributed by atoms with Crippen LogP contribution in [0.2, 0.25) is 0 Å². The van der Waals surface area contributed by atoms with Gasteiger partial charge in [-0.1, -0.05) is 121 Å². The highest BCUT2D eigenvalue weighted by Gasteiger charge is 2.37. The van der Waals surface area contributed by atoms with E-state index >= 15 is 0 Å². The minimum Gasteiger partial charge on any atom is -0.308 e. The van der Waals surface area contributed by atoms with Crippen LogP contribution < -0.4 is 0 Å². The Morgan fingerprint density at radius 1 is 0.347 bits per heavy atom. The average molecular weight is 1030 g/mol. The molecule has 12 aromatic rings. The van der Waals surface area contributed by atoms with Crippen molar-refractivity contribution in [1.29, 1.82) is 0 Å². The van der Waals surface area contributed by atoms with Crippen LogP contribution >= 0.6 is 11.3 Å². The molecule has 14 heteroatoms. The zero-order chi connectivity index (χ0) is 52.0. The van der Waals surface area contributed by atoms with Crippen LogP contribution in [0.25, 0.3) is 115 Å². The normalized spacial score (nSPS) is 12.4. The number of benzene rings is 9. The molecule has 0 aliphatic carbocycles. The maximum absolute atomic E-state index is 14.3. The van der Waals surface area contributed by atoms with Gasteiger partial charge in [0.05, 0.1) is 33.4 Å². The molecule has 0 fully saturated rings. The molecule has 0 amide bonds. The number of aryl methyl sites for hydroxylation is 1. The number of nitrogens with zero attached hydrogens (tertiary/aromatic N) is 4. The maximum atomic E-state index is 14.3. The largest absolute Gasteiger partial charge is 0.416 e. The van der Waals surface area contributed by atoms with Gasteiger partial charge >= 0.3 is 18.5 Å². The van der Waals surface area contributed by atoms with Crippen LogP contribution in [-0.4, -0.2) is 19.5 Å². The molecule has 0 bridgehead atoms. The van der Waals surface area contributed by atoms with Gasteiger partial charge in [-0.3, -0.25) is 0 Å². The van der Waals surface area contributed by atoms with Crippen molar-refractivity contribution in [2.75, 3.05) is 0 Å². The van der Waals surface area contributed by atoms with Crippen LogP contribution in [0.5, 0.6) is 0 Å². The Kier molecular flexibility index (Phi) is 11.2. The predicted molar refractivity (Wildman–Crippen MR) is 279 cm³/mol. The molecule has 368 valence electrons. The lowest BCUT2D eigenvalue weighted by molar-refractivity contribution is -0.143. The van der Waals surface area contributed by atoms with E-state index in [1.165, 1.54) is 12.1 Å². The van der Waals surface area contributed by atoms with Gasteiger partial charge in [0.2, 0.25) is 0 Å². The van der Waals surface area contributed by atoms with E-state index < -0.39 is 35.2 Å². The fourth-order valence-corrected chi connectivity index (χ4v) is 10.9. The van der Waals surface area contributed by atoms with Gasteiger partial charge in [-0.2, -0.15) is 39.5 Å². The van der Waals surface area contributed by atoms with Crippen molar-refractivity contribution < 1.29 is 39.5 Å². The van der Waals surface area contributed by atoms with E-state index in [9.17, 15) is 39.5 Å². The molecule has 0 radical (unpaired) electrons. The Morgan fingerprint density at radius 3 is 1.37 bits per heavy atom. The molecule has 0 aliphatic rings. The maximum Gasteiger partial charge on any atom is 0.416 e. The molecular formula is C61H35F9N4S. The highest BCUT2D eigenvalue weighted by atomic mass is 32.1. The van der Waals surface area contributed by atoms with Crippen LogP contribution in [0, 0.1) is 6.92 Å². The van der Waals surface area contributed by atoms with E-state index in [2.05, 4.69) is 24.3 Å². The average Bonchev–Trinajstić information content (AvgIpc) is 3.96. The van der Waals surface area contributed by atoms with Gasteiger partial charge in [0.15, 0.2) is 17.5 Å². The number of thiophene rings is 1. The van der Waals surface area contributed by atoms with Gasteiger partial charge < -0.3 is 4.57 Å². The Labute approximate surface area is 425 Å². The first kappa shape index (κ1) is 47.4. The highest BCUT2D eigenvalue weighted by molar-refractivity contribution is 7.25. The van der Waals surface area contributed by atoms with Gasteiger partial charge in [0.1, 0.15) is 0 Å². The lowest BCUT2D eigenvalue weighted by Gasteiger charge is -2.17. The van der Waals surface area contributed by atoms with E-state index in [0.717, 1.165) is 43.4 Å². The lowest BCUT2D eigenvalue weighted by Crippen LogP contribution is -2.11. The Balaban J connectivity index is 1.18. The second-order valence-electron chi connectivity index (χ2n) is 18.3. The van der Waals surface area contributed by atoms with Crippen LogP contribution in [0.4, 0.5) is 39.5 Å². The number of alkyl halides is 9. The number of hydrogen-bond donors (Lipinski definition) is 0. The Morgan fingerprint density at radius 2 is 0.800 bits per heavy atom. The summed E-state index contributed by atoms with van der Waals surface area (Å²) >= 11 is 1.68. The van der Waals surface area contributed by atoms with Crippen LogP contribution in [0.1, 0.15) is 22.3 Å². The summed E-state index contributed by atoms with van der Waals surface area (Å²) in [5.74, 6) is 0.919. The molecule has 0 saturated carbocycles. The van der Waals surface area contributed by atoms with Crippen LogP contribution in [-0.2, 0) is 18.5 Å². The van der Waals surface area contributed by atoms with Crippen molar-refractivity contribution in [1.82, 2.24) is 19.5 Å². The third-order valence-corrected chi connectivity index (χ3v) is 14.5. The van der Waals surface area contributed by atoms with E-state index in [-0.39, 0.29) is 28.6 Å². The third-order valence-electron chi connectivity index (χ3n) is 13.3. The van der Waals surface area contributed by atoms with Gasteiger partial charge in [-0.05, 0) is 119 Å². The fraction of sp³-hybridized carbons (Fsp3) is 0.0656. The number of aromatic nitrogens is 4. The molecule has 75 heavy (non-hydrogen) atoms. The standard InChI is InChI=1S/C61H35F9N4S/c1-34-24-41(26-43(25-34)59(62,63)64)39-16-20-46-47-21-17-40(42-27-44(60(65,66)67)33-45(28-42)61(68,69)70)32-53(47)74(52(46)31-39)51-22-18-37(38-19-23-55-49(29-38)48-14-8-9-15-54(48)75-55)30-50(51)58-72-56(35-10-4-2-5-11-35)71-57(73-58)36-12-6-3-7-13-36/h2-33H,1H3. The molecule has 3 heterocycles. The third kappa shape index (κ3) is 8.84. The van der Waals surface area contributed by atoms with Crippen molar-refractivity contribution >= 4 is 53.3 Å². The number of rotatable bonds is 7. The summed E-state index contributed by atoms with van der Waals surface area (Å²) in [6.07, 6.45) is -14.9. The summed E-state index contributed by atoms with van der Waals surface area (Å²) in [4.78, 5) is 15.2. The van der Waals surface area contributed by atoms with E-state index in [0.29, 0.717) is 79.1 Å². The molecule has 0 saturated heterocycles. The van der Waals surface area contributed by atoms with Gasteiger partial charge in [0, 0.05) is 47.6 Å². The Bertz CT molecular complexity index is 4120. The number of fused-ring (bicyclic) bond motifs is 6. The highest BCUT2D eigenvalue weighted by Crippen LogP contribution is 2.45. The predicted octanol–water partition coefficient (Wildman–Crippen LogP) is 18.7. The zero-order valence-corrected chi connectivity index (χ0v) is 39.9. The van der Waals surface area contributed by atoms with Crippen molar-refractivity contribution in [2.45, 2.75) is 25.5 Å².